The number of hydrogen-bond donors (Lipinski definition) is 0. The van der Waals surface area contributed by atoms with Crippen molar-refractivity contribution >= 4 is 23.8 Å². The third-order valence-electron chi connectivity index (χ3n) is 2.01. The molecule has 0 spiro atoms. The second-order valence-electron chi connectivity index (χ2n) is 3.00. The topological polar surface area (TPSA) is 112 Å². The van der Waals surface area contributed by atoms with Crippen molar-refractivity contribution in [3.8, 4) is 0 Å². The fraction of sp³-hybridized carbons (Fsp3) is 0.125. The van der Waals surface area contributed by atoms with Crippen molar-refractivity contribution in [2.24, 2.45) is 0 Å². The Morgan fingerprint density at radius 1 is 1.06 bits per heavy atom. The normalized spacial score (nSPS) is 9.81. The Labute approximate surface area is 89.3 Å². The Kier molecular flexibility index (Phi) is 2.84. The summed E-state index contributed by atoms with van der Waals surface area (Å²) in [7, 11) is 0. The van der Waals surface area contributed by atoms with E-state index in [1.165, 1.54) is 6.92 Å². The predicted molar refractivity (Wildman–Crippen MR) is 54.9 cm³/mol. The number of rotatable bonds is 3. The number of hydrogen-bond acceptors (Lipinski definition) is 5. The van der Waals surface area contributed by atoms with Gasteiger partial charge < -0.3 is 5.21 Å². The Morgan fingerprint density at radius 3 is 1.94 bits per heavy atom. The zero-order chi connectivity index (χ0) is 12.5. The van der Waals surface area contributed by atoms with Crippen molar-refractivity contribution in [1.82, 2.24) is 0 Å². The molecule has 1 aromatic carbocycles. The van der Waals surface area contributed by atoms with E-state index in [-0.39, 0.29) is 16.0 Å². The fourth-order valence-electron chi connectivity index (χ4n) is 1.22. The number of non-ortho nitro benzene ring substituents is 1. The lowest BCUT2D eigenvalue weighted by atomic mass is 10.1. The van der Waals surface area contributed by atoms with Gasteiger partial charge in [-0.1, -0.05) is 0 Å². The third-order valence-corrected chi connectivity index (χ3v) is 2.01. The molecule has 0 saturated heterocycles. The molecule has 0 saturated carbocycles. The van der Waals surface area contributed by atoms with Crippen LogP contribution in [0.5, 0.6) is 0 Å². The molecule has 0 aliphatic heterocycles. The molecule has 0 unspecified atom stereocenters. The fourth-order valence-corrected chi connectivity index (χ4v) is 1.22. The van der Waals surface area contributed by atoms with E-state index >= 15 is 0 Å². The lowest BCUT2D eigenvalue weighted by Gasteiger charge is -2.04. The molecule has 0 fully saturated rings. The molecule has 84 valence electrons. The van der Waals surface area contributed by atoms with E-state index in [9.17, 15) is 25.4 Å². The van der Waals surface area contributed by atoms with E-state index in [2.05, 4.69) is 6.72 Å². The Morgan fingerprint density at radius 2 is 1.56 bits per heavy atom. The van der Waals surface area contributed by atoms with E-state index in [0.717, 1.165) is 12.1 Å². The highest BCUT2D eigenvalue weighted by Crippen LogP contribution is 2.32. The quantitative estimate of drug-likeness (QED) is 0.255. The highest BCUT2D eigenvalue weighted by molar-refractivity contribution is 5.60. The number of nitro groups is 2. The van der Waals surface area contributed by atoms with Crippen LogP contribution in [0, 0.1) is 32.4 Å². The highest BCUT2D eigenvalue weighted by Gasteiger charge is 2.24. The van der Waals surface area contributed by atoms with Crippen molar-refractivity contribution < 1.29 is 14.6 Å². The first kappa shape index (κ1) is 11.6. The summed E-state index contributed by atoms with van der Waals surface area (Å²) < 4.78 is 0.106. The van der Waals surface area contributed by atoms with Gasteiger partial charge in [0.05, 0.1) is 27.5 Å². The molecule has 8 heteroatoms. The molecule has 0 aliphatic carbocycles. The van der Waals surface area contributed by atoms with Crippen LogP contribution in [0.1, 0.15) is 5.56 Å². The van der Waals surface area contributed by atoms with Crippen LogP contribution >= 0.6 is 0 Å². The van der Waals surface area contributed by atoms with E-state index in [4.69, 9.17) is 0 Å². The molecule has 0 N–H and O–H groups in total. The van der Waals surface area contributed by atoms with E-state index in [1.54, 1.807) is 0 Å². The molecule has 1 aromatic rings. The average Bonchev–Trinajstić information content (AvgIpc) is 2.16. The van der Waals surface area contributed by atoms with Gasteiger partial charge in [0.25, 0.3) is 11.4 Å². The van der Waals surface area contributed by atoms with Gasteiger partial charge in [0, 0.05) is 0 Å². The Hall–Kier alpha value is -2.51. The van der Waals surface area contributed by atoms with E-state index in [0.29, 0.717) is 0 Å². The molecular weight excluding hydrogens is 218 g/mol. The summed E-state index contributed by atoms with van der Waals surface area (Å²) in [4.78, 5) is 19.5. The van der Waals surface area contributed by atoms with Gasteiger partial charge in [0.2, 0.25) is 5.69 Å². The number of nitrogens with zero attached hydrogens (tertiary/aromatic N) is 3. The first-order valence-corrected chi connectivity index (χ1v) is 4.05. The lowest BCUT2D eigenvalue weighted by molar-refractivity contribution is -0.398. The second kappa shape index (κ2) is 3.93. The summed E-state index contributed by atoms with van der Waals surface area (Å²) in [5.41, 5.74) is -1.15. The van der Waals surface area contributed by atoms with E-state index < -0.39 is 21.2 Å². The average molecular weight is 225 g/mol. The molecule has 16 heavy (non-hydrogen) atoms. The second-order valence-corrected chi connectivity index (χ2v) is 3.00. The summed E-state index contributed by atoms with van der Waals surface area (Å²) in [6, 6.07) is 1.75. The first-order valence-electron chi connectivity index (χ1n) is 4.05. The Balaban J connectivity index is 3.57. The van der Waals surface area contributed by atoms with Gasteiger partial charge in [-0.15, -0.1) is 0 Å². The van der Waals surface area contributed by atoms with Crippen molar-refractivity contribution in [3.63, 3.8) is 0 Å². The van der Waals surface area contributed by atoms with Gasteiger partial charge in [-0.2, -0.15) is 4.74 Å². The van der Waals surface area contributed by atoms with Gasteiger partial charge in [-0.05, 0) is 6.92 Å². The van der Waals surface area contributed by atoms with Crippen molar-refractivity contribution in [2.75, 3.05) is 0 Å². The molecule has 1 rings (SSSR count). The molecule has 0 heterocycles. The SMILES string of the molecule is C=[N+]([O-])c1cc([N+](=O)[O-])cc([N+](=O)[O-])c1C. The minimum absolute atomic E-state index is 0.0422. The summed E-state index contributed by atoms with van der Waals surface area (Å²) in [5, 5.41) is 32.1. The van der Waals surface area contributed by atoms with Crippen LogP contribution < -0.4 is 0 Å². The first-order chi connectivity index (χ1) is 7.34. The van der Waals surface area contributed by atoms with Gasteiger partial charge in [-0.25, -0.2) is 0 Å². The number of benzene rings is 1. The molecular formula is C8H7N3O5. The largest absolute Gasteiger partial charge is 0.619 e. The van der Waals surface area contributed by atoms with E-state index in [1.807, 2.05) is 0 Å². The highest BCUT2D eigenvalue weighted by atomic mass is 16.6. The van der Waals surface area contributed by atoms with Crippen molar-refractivity contribution in [3.05, 3.63) is 43.1 Å². The summed E-state index contributed by atoms with van der Waals surface area (Å²) >= 11 is 0. The van der Waals surface area contributed by atoms with Gasteiger partial charge in [-0.3, -0.25) is 20.2 Å². The van der Waals surface area contributed by atoms with Crippen LogP contribution in [0.3, 0.4) is 0 Å². The molecule has 0 bridgehead atoms. The molecule has 0 amide bonds. The Bertz CT molecular complexity index is 461. The maximum absolute atomic E-state index is 11.0. The summed E-state index contributed by atoms with van der Waals surface area (Å²) in [6.45, 7) is 4.33. The molecule has 0 radical (unpaired) electrons. The molecule has 0 atom stereocenters. The lowest BCUT2D eigenvalue weighted by Crippen LogP contribution is -2.00. The maximum Gasteiger partial charge on any atom is 0.285 e. The van der Waals surface area contributed by atoms with Gasteiger partial charge in [0.15, 0.2) is 0 Å². The zero-order valence-corrected chi connectivity index (χ0v) is 8.24. The minimum atomic E-state index is -0.806. The van der Waals surface area contributed by atoms with Crippen LogP contribution in [0.2, 0.25) is 0 Å². The number of nitro benzene ring substituents is 2. The molecule has 0 aromatic heterocycles. The maximum atomic E-state index is 11.0. The van der Waals surface area contributed by atoms with Crippen LogP contribution in [0.4, 0.5) is 17.1 Å². The van der Waals surface area contributed by atoms with Crippen LogP contribution in [-0.4, -0.2) is 21.3 Å². The van der Waals surface area contributed by atoms with Crippen LogP contribution in [0.15, 0.2) is 12.1 Å². The van der Waals surface area contributed by atoms with Gasteiger partial charge in [0.1, 0.15) is 6.72 Å². The molecule has 8 nitrogen and oxygen atoms in total. The van der Waals surface area contributed by atoms with Crippen LogP contribution in [-0.2, 0) is 0 Å². The van der Waals surface area contributed by atoms with Gasteiger partial charge >= 0.3 is 0 Å². The smallest absolute Gasteiger partial charge is 0.285 e. The van der Waals surface area contributed by atoms with Crippen molar-refractivity contribution in [1.29, 1.82) is 0 Å². The van der Waals surface area contributed by atoms with Crippen LogP contribution in [0.25, 0.3) is 0 Å². The molecule has 0 aliphatic rings. The van der Waals surface area contributed by atoms with Crippen molar-refractivity contribution in [2.45, 2.75) is 6.92 Å². The zero-order valence-electron chi connectivity index (χ0n) is 8.24. The standard InChI is InChI=1S/C8H7N3O5/c1-5-7(9(2)12)3-6(10(13)14)4-8(5)11(15)16/h3-4H,2H2,1H3. The third kappa shape index (κ3) is 1.95. The monoisotopic (exact) mass is 225 g/mol. The summed E-state index contributed by atoms with van der Waals surface area (Å²) in [5.74, 6) is 0. The predicted octanol–water partition coefficient (Wildman–Crippen LogP) is 1.65. The summed E-state index contributed by atoms with van der Waals surface area (Å²) in [6.07, 6.45) is 0. The minimum Gasteiger partial charge on any atom is -0.619 e.